The second-order valence-corrected chi connectivity index (χ2v) is 4.77. The van der Waals surface area contributed by atoms with Crippen LogP contribution in [0.1, 0.15) is 0 Å². The number of hydrogen-bond donors (Lipinski definition) is 1. The van der Waals surface area contributed by atoms with Crippen LogP contribution in [0, 0.1) is 0 Å². The Morgan fingerprint density at radius 1 is 0.850 bits per heavy atom. The molecule has 20 heavy (non-hydrogen) atoms. The first-order valence-electron chi connectivity index (χ1n) is 6.45. The molecule has 0 heterocycles. The number of urea groups is 1. The van der Waals surface area contributed by atoms with Crippen LogP contribution < -0.4 is 15.1 Å². The fourth-order valence-corrected chi connectivity index (χ4v) is 1.82. The van der Waals surface area contributed by atoms with Crippen LogP contribution in [0.4, 0.5) is 21.9 Å². The van der Waals surface area contributed by atoms with Gasteiger partial charge in [-0.1, -0.05) is 18.2 Å². The molecule has 0 saturated heterocycles. The van der Waals surface area contributed by atoms with Gasteiger partial charge in [-0.05, 0) is 36.4 Å². The highest BCUT2D eigenvalue weighted by molar-refractivity contribution is 6.01. The highest BCUT2D eigenvalue weighted by atomic mass is 16.2. The largest absolute Gasteiger partial charge is 0.378 e. The average molecular weight is 269 g/mol. The number of hydrogen-bond acceptors (Lipinski definition) is 2. The van der Waals surface area contributed by atoms with Gasteiger partial charge >= 0.3 is 6.03 Å². The maximum atomic E-state index is 12.1. The smallest absolute Gasteiger partial charge is 0.326 e. The zero-order valence-corrected chi connectivity index (χ0v) is 12.0. The topological polar surface area (TPSA) is 35.6 Å². The number of para-hydroxylation sites is 1. The molecule has 4 nitrogen and oxygen atoms in total. The first-order valence-corrected chi connectivity index (χ1v) is 6.45. The van der Waals surface area contributed by atoms with Crippen LogP contribution in [0.2, 0.25) is 0 Å². The Balaban J connectivity index is 2.04. The monoisotopic (exact) mass is 269 g/mol. The molecule has 0 aliphatic carbocycles. The second kappa shape index (κ2) is 6.10. The number of anilines is 3. The molecule has 0 aliphatic heterocycles. The Hall–Kier alpha value is -2.49. The van der Waals surface area contributed by atoms with Gasteiger partial charge < -0.3 is 10.2 Å². The van der Waals surface area contributed by atoms with Gasteiger partial charge in [0.05, 0.1) is 0 Å². The molecule has 2 amide bonds. The Bertz CT molecular complexity index is 564. The van der Waals surface area contributed by atoms with Crippen molar-refractivity contribution >= 4 is 23.1 Å². The minimum absolute atomic E-state index is 0.159. The number of benzene rings is 2. The first kappa shape index (κ1) is 13.9. The Kier molecular flexibility index (Phi) is 4.25. The lowest BCUT2D eigenvalue weighted by atomic mass is 10.2. The summed E-state index contributed by atoms with van der Waals surface area (Å²) < 4.78 is 0. The summed E-state index contributed by atoms with van der Waals surface area (Å²) >= 11 is 0. The first-order chi connectivity index (χ1) is 9.58. The Labute approximate surface area is 119 Å². The second-order valence-electron chi connectivity index (χ2n) is 4.77. The number of carbonyl (C=O) groups is 1. The van der Waals surface area contributed by atoms with Gasteiger partial charge in [0.25, 0.3) is 0 Å². The van der Waals surface area contributed by atoms with E-state index >= 15 is 0 Å². The van der Waals surface area contributed by atoms with Crippen molar-refractivity contribution in [1.82, 2.24) is 0 Å². The zero-order chi connectivity index (χ0) is 14.5. The number of nitrogens with zero attached hydrogens (tertiary/aromatic N) is 2. The molecule has 2 aromatic carbocycles. The fraction of sp³-hybridized carbons (Fsp3) is 0.188. The maximum Gasteiger partial charge on any atom is 0.326 e. The zero-order valence-electron chi connectivity index (χ0n) is 12.0. The van der Waals surface area contributed by atoms with E-state index in [9.17, 15) is 4.79 Å². The fourth-order valence-electron chi connectivity index (χ4n) is 1.82. The lowest BCUT2D eigenvalue weighted by molar-refractivity contribution is 0.258. The molecule has 1 N–H and O–H groups in total. The van der Waals surface area contributed by atoms with E-state index in [0.29, 0.717) is 0 Å². The molecule has 4 heteroatoms. The molecule has 0 radical (unpaired) electrons. The molecule has 0 unspecified atom stereocenters. The minimum atomic E-state index is -0.159. The molecular weight excluding hydrogens is 250 g/mol. The summed E-state index contributed by atoms with van der Waals surface area (Å²) in [5, 5.41) is 2.87. The van der Waals surface area contributed by atoms with Crippen LogP contribution in [-0.2, 0) is 0 Å². The third kappa shape index (κ3) is 3.29. The van der Waals surface area contributed by atoms with Crippen LogP contribution in [0.3, 0.4) is 0 Å². The third-order valence-corrected chi connectivity index (χ3v) is 3.08. The average Bonchev–Trinajstić information content (AvgIpc) is 2.48. The van der Waals surface area contributed by atoms with E-state index in [4.69, 9.17) is 0 Å². The van der Waals surface area contributed by atoms with Gasteiger partial charge in [-0.2, -0.15) is 0 Å². The number of nitrogens with one attached hydrogen (secondary N) is 1. The highest BCUT2D eigenvalue weighted by Crippen LogP contribution is 2.17. The predicted octanol–water partition coefficient (Wildman–Crippen LogP) is 3.42. The van der Waals surface area contributed by atoms with Gasteiger partial charge in [0, 0.05) is 38.2 Å². The lowest BCUT2D eigenvalue weighted by Crippen LogP contribution is -2.31. The molecule has 0 aromatic heterocycles. The molecule has 0 saturated carbocycles. The molecule has 0 aliphatic rings. The summed E-state index contributed by atoms with van der Waals surface area (Å²) in [6, 6.07) is 17.1. The number of rotatable bonds is 3. The summed E-state index contributed by atoms with van der Waals surface area (Å²) in [7, 11) is 5.71. The van der Waals surface area contributed by atoms with Crippen LogP contribution in [-0.4, -0.2) is 27.2 Å². The van der Waals surface area contributed by atoms with Crippen LogP contribution in [0.25, 0.3) is 0 Å². The summed E-state index contributed by atoms with van der Waals surface area (Å²) in [4.78, 5) is 15.7. The summed E-state index contributed by atoms with van der Waals surface area (Å²) in [5.41, 5.74) is 2.73. The molecule has 2 rings (SSSR count). The molecule has 2 aromatic rings. The summed E-state index contributed by atoms with van der Waals surface area (Å²) in [6.07, 6.45) is 0. The van der Waals surface area contributed by atoms with E-state index in [1.54, 1.807) is 11.9 Å². The van der Waals surface area contributed by atoms with Crippen molar-refractivity contribution in [1.29, 1.82) is 0 Å². The SMILES string of the molecule is CN(C)c1ccc(NC(=O)N(C)c2ccccc2)cc1. The van der Waals surface area contributed by atoms with E-state index in [0.717, 1.165) is 17.1 Å². The van der Waals surface area contributed by atoms with E-state index in [2.05, 4.69) is 5.32 Å². The van der Waals surface area contributed by atoms with Crippen molar-refractivity contribution in [3.05, 3.63) is 54.6 Å². The predicted molar refractivity (Wildman–Crippen MR) is 84.6 cm³/mol. The Morgan fingerprint density at radius 2 is 1.45 bits per heavy atom. The summed E-state index contributed by atoms with van der Waals surface area (Å²) in [5.74, 6) is 0. The van der Waals surface area contributed by atoms with E-state index in [1.165, 1.54) is 0 Å². The van der Waals surface area contributed by atoms with Gasteiger partial charge in [0.15, 0.2) is 0 Å². The maximum absolute atomic E-state index is 12.1. The normalized spacial score (nSPS) is 9.95. The molecule has 0 atom stereocenters. The number of amides is 2. The van der Waals surface area contributed by atoms with Gasteiger partial charge in [-0.15, -0.1) is 0 Å². The molecular formula is C16H19N3O. The van der Waals surface area contributed by atoms with Crippen molar-refractivity contribution in [3.8, 4) is 0 Å². The number of carbonyl (C=O) groups excluding carboxylic acids is 1. The minimum Gasteiger partial charge on any atom is -0.378 e. The molecule has 0 bridgehead atoms. The van der Waals surface area contributed by atoms with Crippen molar-refractivity contribution in [3.63, 3.8) is 0 Å². The van der Waals surface area contributed by atoms with Crippen molar-refractivity contribution in [2.24, 2.45) is 0 Å². The van der Waals surface area contributed by atoms with Gasteiger partial charge in [-0.25, -0.2) is 4.79 Å². The molecule has 104 valence electrons. The van der Waals surface area contributed by atoms with E-state index in [-0.39, 0.29) is 6.03 Å². The van der Waals surface area contributed by atoms with Crippen LogP contribution >= 0.6 is 0 Å². The van der Waals surface area contributed by atoms with Gasteiger partial charge in [0.2, 0.25) is 0 Å². The van der Waals surface area contributed by atoms with Gasteiger partial charge in [-0.3, -0.25) is 4.90 Å². The van der Waals surface area contributed by atoms with Crippen molar-refractivity contribution in [2.45, 2.75) is 0 Å². The Morgan fingerprint density at radius 3 is 2.00 bits per heavy atom. The van der Waals surface area contributed by atoms with Crippen molar-refractivity contribution < 1.29 is 4.79 Å². The van der Waals surface area contributed by atoms with Crippen LogP contribution in [0.5, 0.6) is 0 Å². The van der Waals surface area contributed by atoms with Crippen molar-refractivity contribution in [2.75, 3.05) is 36.3 Å². The van der Waals surface area contributed by atoms with Gasteiger partial charge in [0.1, 0.15) is 0 Å². The highest BCUT2D eigenvalue weighted by Gasteiger charge is 2.10. The van der Waals surface area contributed by atoms with E-state index < -0.39 is 0 Å². The molecule has 0 fully saturated rings. The summed E-state index contributed by atoms with van der Waals surface area (Å²) in [6.45, 7) is 0. The standard InChI is InChI=1S/C16H19N3O/c1-18(2)14-11-9-13(10-12-14)17-16(20)19(3)15-7-5-4-6-8-15/h4-12H,1-3H3,(H,17,20). The molecule has 0 spiro atoms. The van der Waals surface area contributed by atoms with E-state index in [1.807, 2.05) is 73.6 Å². The lowest BCUT2D eigenvalue weighted by Gasteiger charge is -2.18. The quantitative estimate of drug-likeness (QED) is 0.926. The third-order valence-electron chi connectivity index (χ3n) is 3.08. The van der Waals surface area contributed by atoms with Crippen LogP contribution in [0.15, 0.2) is 54.6 Å².